The van der Waals surface area contributed by atoms with Gasteiger partial charge in [-0.3, -0.25) is 9.79 Å². The van der Waals surface area contributed by atoms with E-state index < -0.39 is 10.0 Å². The predicted octanol–water partition coefficient (Wildman–Crippen LogP) is 4.56. The highest BCUT2D eigenvalue weighted by molar-refractivity contribution is 7.89. The maximum atomic E-state index is 13.6. The summed E-state index contributed by atoms with van der Waals surface area (Å²) in [6, 6.07) is 20.5. The van der Waals surface area contributed by atoms with E-state index >= 15 is 0 Å². The van der Waals surface area contributed by atoms with E-state index in [1.807, 2.05) is 54.6 Å². The summed E-state index contributed by atoms with van der Waals surface area (Å²) >= 11 is 12.6. The number of hydrogen-bond donors (Lipinski definition) is 1. The zero-order valence-electron chi connectivity index (χ0n) is 23.1. The Bertz CT molecular complexity index is 1480. The lowest BCUT2D eigenvalue weighted by Gasteiger charge is -2.24. The van der Waals surface area contributed by atoms with Crippen LogP contribution in [0.4, 0.5) is 0 Å². The molecule has 1 amide bonds. The van der Waals surface area contributed by atoms with E-state index in [-0.39, 0.29) is 42.1 Å². The minimum absolute atomic E-state index is 0.00765. The van der Waals surface area contributed by atoms with Gasteiger partial charge in [0.1, 0.15) is 17.3 Å². The quantitative estimate of drug-likeness (QED) is 0.284. The Morgan fingerprint density at radius 2 is 1.73 bits per heavy atom. The molecule has 0 saturated heterocycles. The summed E-state index contributed by atoms with van der Waals surface area (Å²) in [6.45, 7) is 3.89. The Morgan fingerprint density at radius 1 is 1.00 bits per heavy atom. The number of rotatable bonds is 13. The Balaban J connectivity index is 1.34. The second-order valence-electron chi connectivity index (χ2n) is 9.78. The van der Waals surface area contributed by atoms with Gasteiger partial charge in [-0.2, -0.15) is 4.31 Å². The van der Waals surface area contributed by atoms with E-state index in [2.05, 4.69) is 10.3 Å². The van der Waals surface area contributed by atoms with Crippen LogP contribution in [-0.2, 0) is 32.5 Å². The standard InChI is InChI=1S/C30H34Cl2N4O4S/c1-22-26(31)12-13-27(29(22)32)41(38,39)36(17-14-23-6-4-3-5-7-23)18-19-40-21-28(37)35(2)20-24-8-10-25(11-9-24)30-33-15-16-34-30/h3-13H,14-21H2,1-2H3,(H,33,34). The van der Waals surface area contributed by atoms with E-state index in [4.69, 9.17) is 27.9 Å². The van der Waals surface area contributed by atoms with Gasteiger partial charge in [-0.1, -0.05) is 77.8 Å². The lowest BCUT2D eigenvalue weighted by Crippen LogP contribution is -2.37. The molecule has 0 fully saturated rings. The van der Waals surface area contributed by atoms with Crippen molar-refractivity contribution in [2.24, 2.45) is 4.99 Å². The van der Waals surface area contributed by atoms with E-state index in [9.17, 15) is 13.2 Å². The molecule has 41 heavy (non-hydrogen) atoms. The Labute approximate surface area is 252 Å². The number of ether oxygens (including phenoxy) is 1. The molecule has 0 radical (unpaired) electrons. The molecule has 4 rings (SSSR count). The van der Waals surface area contributed by atoms with E-state index in [0.29, 0.717) is 23.6 Å². The Kier molecular flexibility index (Phi) is 10.8. The first-order valence-electron chi connectivity index (χ1n) is 13.3. The van der Waals surface area contributed by atoms with Gasteiger partial charge in [-0.05, 0) is 42.2 Å². The molecule has 1 aliphatic heterocycles. The van der Waals surface area contributed by atoms with Gasteiger partial charge < -0.3 is 15.0 Å². The van der Waals surface area contributed by atoms with Crippen molar-refractivity contribution in [2.75, 3.05) is 46.4 Å². The molecule has 1 N–H and O–H groups in total. The first-order valence-corrected chi connectivity index (χ1v) is 15.5. The summed E-state index contributed by atoms with van der Waals surface area (Å²) in [5, 5.41) is 3.74. The average molecular weight is 618 g/mol. The average Bonchev–Trinajstić information content (AvgIpc) is 3.51. The molecule has 3 aromatic carbocycles. The maximum absolute atomic E-state index is 13.6. The lowest BCUT2D eigenvalue weighted by molar-refractivity contribution is -0.135. The van der Waals surface area contributed by atoms with Gasteiger partial charge in [-0.25, -0.2) is 8.42 Å². The van der Waals surface area contributed by atoms with E-state index in [0.717, 1.165) is 35.6 Å². The second-order valence-corrected chi connectivity index (χ2v) is 12.5. The minimum Gasteiger partial charge on any atom is -0.370 e. The van der Waals surface area contributed by atoms with Crippen LogP contribution in [0.3, 0.4) is 0 Å². The van der Waals surface area contributed by atoms with E-state index in [1.54, 1.807) is 18.9 Å². The normalized spacial score (nSPS) is 13.2. The van der Waals surface area contributed by atoms with Crippen LogP contribution in [0.15, 0.2) is 76.6 Å². The summed E-state index contributed by atoms with van der Waals surface area (Å²) < 4.78 is 34.3. The number of halogens is 2. The predicted molar refractivity (Wildman–Crippen MR) is 163 cm³/mol. The number of aliphatic imine (C=N–C) groups is 1. The molecule has 218 valence electrons. The molecule has 11 heteroatoms. The minimum atomic E-state index is -3.95. The number of carbonyl (C=O) groups excluding carboxylic acids is 1. The molecule has 0 aromatic heterocycles. The number of amides is 1. The third-order valence-corrected chi connectivity index (χ3v) is 9.80. The van der Waals surface area contributed by atoms with Gasteiger partial charge >= 0.3 is 0 Å². The van der Waals surface area contributed by atoms with Crippen LogP contribution in [0.5, 0.6) is 0 Å². The fourth-order valence-electron chi connectivity index (χ4n) is 4.38. The molecule has 0 spiro atoms. The molecule has 1 heterocycles. The highest BCUT2D eigenvalue weighted by Crippen LogP contribution is 2.32. The third-order valence-electron chi connectivity index (χ3n) is 6.85. The SMILES string of the molecule is Cc1c(Cl)ccc(S(=O)(=O)N(CCOCC(=O)N(C)Cc2ccc(C3=NCCN3)cc2)CCc2ccccc2)c1Cl. The fourth-order valence-corrected chi connectivity index (χ4v) is 6.59. The van der Waals surface area contributed by atoms with Crippen LogP contribution < -0.4 is 5.32 Å². The number of hydrogen-bond acceptors (Lipinski definition) is 6. The van der Waals surface area contributed by atoms with Crippen molar-refractivity contribution in [2.45, 2.75) is 24.8 Å². The molecule has 0 aliphatic carbocycles. The molecular weight excluding hydrogens is 583 g/mol. The number of nitrogens with one attached hydrogen (secondary N) is 1. The van der Waals surface area contributed by atoms with Crippen molar-refractivity contribution in [3.05, 3.63) is 99.0 Å². The monoisotopic (exact) mass is 616 g/mol. The third kappa shape index (κ3) is 8.08. The van der Waals surface area contributed by atoms with E-state index in [1.165, 1.54) is 16.4 Å². The highest BCUT2D eigenvalue weighted by atomic mass is 35.5. The van der Waals surface area contributed by atoms with Gasteiger partial charge in [0.15, 0.2) is 0 Å². The van der Waals surface area contributed by atoms with Crippen molar-refractivity contribution >= 4 is 45.0 Å². The van der Waals surface area contributed by atoms with Crippen LogP contribution in [0.25, 0.3) is 0 Å². The van der Waals surface area contributed by atoms with Gasteiger partial charge in [0.25, 0.3) is 0 Å². The zero-order valence-corrected chi connectivity index (χ0v) is 25.5. The first kappa shape index (κ1) is 31.0. The van der Waals surface area contributed by atoms with Crippen LogP contribution in [-0.4, -0.2) is 75.8 Å². The zero-order chi connectivity index (χ0) is 29.4. The molecule has 0 saturated carbocycles. The molecule has 8 nitrogen and oxygen atoms in total. The number of likely N-dealkylation sites (N-methyl/N-ethyl adjacent to an activating group) is 1. The lowest BCUT2D eigenvalue weighted by atomic mass is 10.1. The van der Waals surface area contributed by atoms with Crippen molar-refractivity contribution < 1.29 is 17.9 Å². The number of nitrogens with zero attached hydrogens (tertiary/aromatic N) is 3. The molecule has 1 aliphatic rings. The van der Waals surface area contributed by atoms with Gasteiger partial charge in [0.2, 0.25) is 15.9 Å². The van der Waals surface area contributed by atoms with Crippen molar-refractivity contribution in [3.63, 3.8) is 0 Å². The Hall–Kier alpha value is -2.95. The smallest absolute Gasteiger partial charge is 0.248 e. The van der Waals surface area contributed by atoms with Gasteiger partial charge in [0, 0.05) is 43.8 Å². The van der Waals surface area contributed by atoms with Crippen molar-refractivity contribution in [3.8, 4) is 0 Å². The van der Waals surface area contributed by atoms with Crippen LogP contribution in [0.2, 0.25) is 10.0 Å². The molecule has 0 atom stereocenters. The Morgan fingerprint density at radius 3 is 2.41 bits per heavy atom. The van der Waals surface area contributed by atoms with Crippen LogP contribution in [0.1, 0.15) is 22.3 Å². The highest BCUT2D eigenvalue weighted by Gasteiger charge is 2.28. The summed E-state index contributed by atoms with van der Waals surface area (Å²) in [7, 11) is -2.24. The number of amidine groups is 1. The second kappa shape index (κ2) is 14.3. The first-order chi connectivity index (χ1) is 19.7. The van der Waals surface area contributed by atoms with Gasteiger partial charge in [0.05, 0.1) is 18.2 Å². The molecule has 3 aromatic rings. The number of carbonyl (C=O) groups is 1. The fraction of sp³-hybridized carbons (Fsp3) is 0.333. The summed E-state index contributed by atoms with van der Waals surface area (Å²) in [5.74, 6) is 0.689. The van der Waals surface area contributed by atoms with Crippen molar-refractivity contribution in [1.82, 2.24) is 14.5 Å². The number of sulfonamides is 1. The summed E-state index contributed by atoms with van der Waals surface area (Å²) in [4.78, 5) is 18.7. The summed E-state index contributed by atoms with van der Waals surface area (Å²) in [6.07, 6.45) is 0.508. The molecule has 0 bridgehead atoms. The largest absolute Gasteiger partial charge is 0.370 e. The van der Waals surface area contributed by atoms with Crippen molar-refractivity contribution in [1.29, 1.82) is 0 Å². The summed E-state index contributed by atoms with van der Waals surface area (Å²) in [5.41, 5.74) is 3.51. The molecule has 0 unspecified atom stereocenters. The number of benzene rings is 3. The van der Waals surface area contributed by atoms with Crippen LogP contribution >= 0.6 is 23.2 Å². The molecular formula is C30H34Cl2N4O4S. The topological polar surface area (TPSA) is 91.3 Å². The van der Waals surface area contributed by atoms with Crippen LogP contribution in [0, 0.1) is 6.92 Å². The van der Waals surface area contributed by atoms with Gasteiger partial charge in [-0.15, -0.1) is 0 Å². The maximum Gasteiger partial charge on any atom is 0.248 e.